The van der Waals surface area contributed by atoms with Crippen molar-refractivity contribution < 1.29 is 24.6 Å². The summed E-state index contributed by atoms with van der Waals surface area (Å²) in [6, 6.07) is 8.97. The lowest BCUT2D eigenvalue weighted by molar-refractivity contribution is -0.119. The number of rotatable bonds is 5. The number of alkyl halides is 3. The highest BCUT2D eigenvalue weighted by atomic mass is 35.6. The molecule has 27 heavy (non-hydrogen) atoms. The van der Waals surface area contributed by atoms with Crippen LogP contribution in [-0.2, 0) is 16.0 Å². The van der Waals surface area contributed by atoms with Gasteiger partial charge in [0, 0.05) is 4.88 Å². The minimum atomic E-state index is -1.75. The maximum absolute atomic E-state index is 12.2. The van der Waals surface area contributed by atoms with Gasteiger partial charge in [0.15, 0.2) is 10.7 Å². The molecule has 0 fully saturated rings. The quantitative estimate of drug-likeness (QED) is 0.552. The maximum Gasteiger partial charge on any atom is 0.358 e. The first kappa shape index (κ1) is 23.3. The highest BCUT2D eigenvalue weighted by Gasteiger charge is 2.26. The number of nitrogens with zero attached hydrogens (tertiary/aromatic N) is 1. The van der Waals surface area contributed by atoms with Crippen molar-refractivity contribution in [3.8, 4) is 0 Å². The van der Waals surface area contributed by atoms with E-state index in [0.29, 0.717) is 4.88 Å². The number of esters is 1. The van der Waals surface area contributed by atoms with Crippen molar-refractivity contribution in [2.45, 2.75) is 17.1 Å². The van der Waals surface area contributed by atoms with Gasteiger partial charge in [-0.05, 0) is 12.5 Å². The SMILES string of the molecule is Cc1sc(C(=O)NC(=O)Cc2ccccc2)nc1C(=O)OCC(Cl)(Cl)Cl.O. The minimum Gasteiger partial charge on any atom is -0.456 e. The van der Waals surface area contributed by atoms with Gasteiger partial charge in [0.25, 0.3) is 5.91 Å². The van der Waals surface area contributed by atoms with Gasteiger partial charge in [-0.25, -0.2) is 9.78 Å². The second-order valence-corrected chi connectivity index (χ2v) is 8.87. The number of amides is 2. The Bertz CT molecular complexity index is 821. The van der Waals surface area contributed by atoms with Gasteiger partial charge in [-0.3, -0.25) is 14.9 Å². The lowest BCUT2D eigenvalue weighted by Gasteiger charge is -2.10. The third kappa shape index (κ3) is 7.43. The zero-order chi connectivity index (χ0) is 19.3. The predicted octanol–water partition coefficient (Wildman–Crippen LogP) is 2.65. The molecular formula is C16H15Cl3N2O5S. The third-order valence-electron chi connectivity index (χ3n) is 3.01. The van der Waals surface area contributed by atoms with Gasteiger partial charge in [-0.15, -0.1) is 11.3 Å². The topological polar surface area (TPSA) is 117 Å². The van der Waals surface area contributed by atoms with E-state index >= 15 is 0 Å². The summed E-state index contributed by atoms with van der Waals surface area (Å²) in [5, 5.41) is 2.20. The zero-order valence-electron chi connectivity index (χ0n) is 13.9. The van der Waals surface area contributed by atoms with Crippen LogP contribution in [0.5, 0.6) is 0 Å². The summed E-state index contributed by atoms with van der Waals surface area (Å²) in [6.07, 6.45) is 0.0507. The monoisotopic (exact) mass is 452 g/mol. The molecule has 7 nitrogen and oxygen atoms in total. The van der Waals surface area contributed by atoms with Gasteiger partial charge in [-0.2, -0.15) is 0 Å². The molecule has 0 radical (unpaired) electrons. The first-order valence-corrected chi connectivity index (χ1v) is 9.20. The number of ether oxygens (including phenoxy) is 1. The lowest BCUT2D eigenvalue weighted by Crippen LogP contribution is -2.31. The fourth-order valence-corrected chi connectivity index (χ4v) is 2.86. The van der Waals surface area contributed by atoms with Gasteiger partial charge >= 0.3 is 5.97 Å². The molecular weight excluding hydrogens is 439 g/mol. The number of nitrogens with one attached hydrogen (secondary N) is 1. The average molecular weight is 454 g/mol. The van der Waals surface area contributed by atoms with Crippen molar-refractivity contribution in [2.24, 2.45) is 0 Å². The Hall–Kier alpha value is -1.71. The zero-order valence-corrected chi connectivity index (χ0v) is 17.0. The molecule has 1 aromatic heterocycles. The van der Waals surface area contributed by atoms with E-state index in [1.807, 2.05) is 6.07 Å². The van der Waals surface area contributed by atoms with Crippen LogP contribution in [0.1, 0.15) is 30.7 Å². The Morgan fingerprint density at radius 1 is 1.19 bits per heavy atom. The molecule has 2 amide bonds. The number of imide groups is 1. The number of aromatic nitrogens is 1. The third-order valence-corrected chi connectivity index (χ3v) is 4.31. The highest BCUT2D eigenvalue weighted by Crippen LogP contribution is 2.27. The fourth-order valence-electron chi connectivity index (χ4n) is 1.90. The van der Waals surface area contributed by atoms with Crippen molar-refractivity contribution in [2.75, 3.05) is 6.61 Å². The van der Waals surface area contributed by atoms with Gasteiger partial charge in [-0.1, -0.05) is 65.1 Å². The molecule has 3 N–H and O–H groups in total. The summed E-state index contributed by atoms with van der Waals surface area (Å²) in [5.41, 5.74) is 0.703. The Morgan fingerprint density at radius 3 is 2.41 bits per heavy atom. The lowest BCUT2D eigenvalue weighted by atomic mass is 10.1. The second-order valence-electron chi connectivity index (χ2n) is 5.15. The average Bonchev–Trinajstić information content (AvgIpc) is 2.95. The van der Waals surface area contributed by atoms with Crippen molar-refractivity contribution >= 4 is 63.9 Å². The van der Waals surface area contributed by atoms with E-state index in [1.165, 1.54) is 0 Å². The van der Waals surface area contributed by atoms with Crippen LogP contribution in [0.2, 0.25) is 0 Å². The Labute approximate surface area is 173 Å². The van der Waals surface area contributed by atoms with Crippen LogP contribution in [0.25, 0.3) is 0 Å². The summed E-state index contributed by atoms with van der Waals surface area (Å²) in [5.74, 6) is -1.99. The van der Waals surface area contributed by atoms with E-state index < -0.39 is 28.2 Å². The highest BCUT2D eigenvalue weighted by molar-refractivity contribution is 7.13. The molecule has 0 saturated heterocycles. The van der Waals surface area contributed by atoms with Gasteiger partial charge < -0.3 is 10.2 Å². The van der Waals surface area contributed by atoms with E-state index in [-0.39, 0.29) is 22.6 Å². The summed E-state index contributed by atoms with van der Waals surface area (Å²) in [7, 11) is 0. The molecule has 0 aliphatic rings. The van der Waals surface area contributed by atoms with E-state index in [2.05, 4.69) is 10.3 Å². The Morgan fingerprint density at radius 2 is 1.81 bits per heavy atom. The van der Waals surface area contributed by atoms with E-state index in [9.17, 15) is 14.4 Å². The molecule has 0 saturated carbocycles. The van der Waals surface area contributed by atoms with Crippen LogP contribution in [0, 0.1) is 6.92 Å². The second kappa shape index (κ2) is 10.0. The standard InChI is InChI=1S/C16H13Cl3N2O4S.H2O/c1-9-12(15(24)25-8-16(17,18)19)21-14(26-9)13(23)20-11(22)7-10-5-3-2-4-6-10;/h2-6H,7-8H2,1H3,(H,20,22,23);1H2. The number of benzene rings is 1. The molecule has 0 aliphatic carbocycles. The molecule has 2 rings (SSSR count). The van der Waals surface area contributed by atoms with Crippen molar-refractivity contribution in [3.05, 3.63) is 51.5 Å². The van der Waals surface area contributed by atoms with Crippen LogP contribution in [0.15, 0.2) is 30.3 Å². The molecule has 0 spiro atoms. The van der Waals surface area contributed by atoms with E-state index in [4.69, 9.17) is 39.5 Å². The molecule has 0 unspecified atom stereocenters. The molecule has 2 aromatic rings. The minimum absolute atomic E-state index is 0. The molecule has 0 aliphatic heterocycles. The summed E-state index contributed by atoms with van der Waals surface area (Å²) in [6.45, 7) is 1.14. The van der Waals surface area contributed by atoms with Gasteiger partial charge in [0.2, 0.25) is 9.70 Å². The van der Waals surface area contributed by atoms with Gasteiger partial charge in [0.1, 0.15) is 6.61 Å². The smallest absolute Gasteiger partial charge is 0.358 e. The molecule has 0 atom stereocenters. The maximum atomic E-state index is 12.2. The summed E-state index contributed by atoms with van der Waals surface area (Å²) < 4.78 is 3.09. The number of aryl methyl sites for hydroxylation is 1. The van der Waals surface area contributed by atoms with Crippen LogP contribution in [-0.4, -0.2) is 38.6 Å². The first-order chi connectivity index (χ1) is 12.2. The first-order valence-electron chi connectivity index (χ1n) is 7.25. The van der Waals surface area contributed by atoms with Crippen molar-refractivity contribution in [3.63, 3.8) is 0 Å². The van der Waals surface area contributed by atoms with Crippen LogP contribution >= 0.6 is 46.1 Å². The van der Waals surface area contributed by atoms with Crippen LogP contribution < -0.4 is 5.32 Å². The number of hydrogen-bond donors (Lipinski definition) is 1. The number of carbonyl (C=O) groups excluding carboxylic acids is 3. The summed E-state index contributed by atoms with van der Waals surface area (Å²) in [4.78, 5) is 40.4. The van der Waals surface area contributed by atoms with Crippen LogP contribution in [0.4, 0.5) is 0 Å². The van der Waals surface area contributed by atoms with E-state index in [0.717, 1.165) is 16.9 Å². The van der Waals surface area contributed by atoms with Crippen molar-refractivity contribution in [1.82, 2.24) is 10.3 Å². The predicted molar refractivity (Wildman–Crippen MR) is 104 cm³/mol. The fraction of sp³-hybridized carbons (Fsp3) is 0.250. The number of carbonyl (C=O) groups is 3. The molecule has 11 heteroatoms. The normalized spacial score (nSPS) is 10.7. The number of halogens is 3. The van der Waals surface area contributed by atoms with E-state index in [1.54, 1.807) is 31.2 Å². The molecule has 0 bridgehead atoms. The largest absolute Gasteiger partial charge is 0.456 e. The Balaban J connectivity index is 0.00000364. The number of thiazole rings is 1. The summed E-state index contributed by atoms with van der Waals surface area (Å²) >= 11 is 17.5. The van der Waals surface area contributed by atoms with Crippen molar-refractivity contribution in [1.29, 1.82) is 0 Å². The molecule has 1 aromatic carbocycles. The molecule has 146 valence electrons. The number of hydrogen-bond acceptors (Lipinski definition) is 6. The Kier molecular flexibility index (Phi) is 8.64. The van der Waals surface area contributed by atoms with Crippen LogP contribution in [0.3, 0.4) is 0 Å². The van der Waals surface area contributed by atoms with Gasteiger partial charge in [0.05, 0.1) is 6.42 Å². The molecule has 1 heterocycles.